The molecule has 0 saturated heterocycles. The van der Waals surface area contributed by atoms with E-state index in [2.05, 4.69) is 28.2 Å². The van der Waals surface area contributed by atoms with Crippen molar-refractivity contribution >= 4 is 27.7 Å². The van der Waals surface area contributed by atoms with Crippen molar-refractivity contribution < 1.29 is 14.3 Å². The number of ether oxygens (including phenoxy) is 1. The number of amides is 2. The van der Waals surface area contributed by atoms with Crippen molar-refractivity contribution in [1.29, 1.82) is 0 Å². The molecule has 1 N–H and O–H groups in total. The van der Waals surface area contributed by atoms with Crippen molar-refractivity contribution in [1.82, 2.24) is 10.2 Å². The number of halogens is 1. The minimum Gasteiger partial charge on any atom is -0.483 e. The number of hydrogen-bond acceptors (Lipinski definition) is 3. The summed E-state index contributed by atoms with van der Waals surface area (Å²) in [5, 5.41) is 2.98. The lowest BCUT2D eigenvalue weighted by molar-refractivity contribution is -0.142. The third-order valence-electron chi connectivity index (χ3n) is 5.36. The van der Waals surface area contributed by atoms with Crippen LogP contribution in [-0.2, 0) is 22.6 Å². The second kappa shape index (κ2) is 11.9. The molecule has 0 saturated carbocycles. The highest BCUT2D eigenvalue weighted by atomic mass is 79.9. The first kappa shape index (κ1) is 24.9. The van der Waals surface area contributed by atoms with Gasteiger partial charge in [0.05, 0.1) is 4.47 Å². The first-order chi connectivity index (χ1) is 14.7. The van der Waals surface area contributed by atoms with Crippen molar-refractivity contribution in [2.24, 2.45) is 0 Å². The van der Waals surface area contributed by atoms with Crippen molar-refractivity contribution in [2.75, 3.05) is 6.61 Å². The minimum atomic E-state index is -0.614. The molecule has 31 heavy (non-hydrogen) atoms. The van der Waals surface area contributed by atoms with Gasteiger partial charge in [0, 0.05) is 12.6 Å². The summed E-state index contributed by atoms with van der Waals surface area (Å²) in [6.07, 6.45) is 1.75. The van der Waals surface area contributed by atoms with Crippen molar-refractivity contribution in [2.45, 2.75) is 66.1 Å². The van der Waals surface area contributed by atoms with E-state index in [4.69, 9.17) is 4.74 Å². The first-order valence-corrected chi connectivity index (χ1v) is 11.6. The number of nitrogens with zero attached hydrogens (tertiary/aromatic N) is 1. The average Bonchev–Trinajstić information content (AvgIpc) is 2.75. The highest BCUT2D eigenvalue weighted by Crippen LogP contribution is 2.26. The molecule has 0 heterocycles. The van der Waals surface area contributed by atoms with E-state index >= 15 is 0 Å². The van der Waals surface area contributed by atoms with Gasteiger partial charge < -0.3 is 15.0 Å². The van der Waals surface area contributed by atoms with Crippen LogP contribution in [0.15, 0.2) is 46.9 Å². The molecule has 0 aliphatic rings. The number of aryl methyl sites for hydroxylation is 2. The predicted octanol–water partition coefficient (Wildman–Crippen LogP) is 5.03. The topological polar surface area (TPSA) is 58.6 Å². The summed E-state index contributed by atoms with van der Waals surface area (Å²) in [6, 6.07) is 13.2. The zero-order valence-electron chi connectivity index (χ0n) is 19.1. The van der Waals surface area contributed by atoms with Crippen molar-refractivity contribution in [3.05, 3.63) is 63.6 Å². The van der Waals surface area contributed by atoms with E-state index in [1.807, 2.05) is 63.2 Å². The zero-order valence-corrected chi connectivity index (χ0v) is 20.7. The smallest absolute Gasteiger partial charge is 0.261 e. The van der Waals surface area contributed by atoms with Gasteiger partial charge in [-0.2, -0.15) is 0 Å². The van der Waals surface area contributed by atoms with Crippen LogP contribution in [-0.4, -0.2) is 35.4 Å². The summed E-state index contributed by atoms with van der Waals surface area (Å²) in [5.74, 6) is 0.210. The molecule has 0 bridgehead atoms. The Morgan fingerprint density at radius 2 is 1.84 bits per heavy atom. The molecule has 0 radical (unpaired) electrons. The van der Waals surface area contributed by atoms with Gasteiger partial charge in [0.2, 0.25) is 5.91 Å². The monoisotopic (exact) mass is 488 g/mol. The number of carbonyl (C=O) groups excluding carboxylic acids is 2. The van der Waals surface area contributed by atoms with Crippen LogP contribution in [0.1, 0.15) is 50.8 Å². The lowest BCUT2D eigenvalue weighted by Gasteiger charge is -2.29. The molecule has 0 aliphatic carbocycles. The third-order valence-corrected chi connectivity index (χ3v) is 5.98. The summed E-state index contributed by atoms with van der Waals surface area (Å²) in [5.41, 5.74) is 3.27. The summed E-state index contributed by atoms with van der Waals surface area (Å²) in [7, 11) is 0. The predicted molar refractivity (Wildman–Crippen MR) is 128 cm³/mol. The Labute approximate surface area is 194 Å². The Kier molecular flexibility index (Phi) is 9.56. The zero-order chi connectivity index (χ0) is 23.0. The molecule has 2 aromatic rings. The summed E-state index contributed by atoms with van der Waals surface area (Å²) >= 11 is 3.51. The number of rotatable bonds is 10. The molecule has 2 atom stereocenters. The van der Waals surface area contributed by atoms with Crippen LogP contribution in [0.4, 0.5) is 0 Å². The molecule has 168 valence electrons. The normalized spacial score (nSPS) is 12.7. The van der Waals surface area contributed by atoms with Crippen LogP contribution in [0.3, 0.4) is 0 Å². The molecule has 5 nitrogen and oxygen atoms in total. The number of hydrogen-bond donors (Lipinski definition) is 1. The van der Waals surface area contributed by atoms with Crippen LogP contribution in [0, 0.1) is 6.92 Å². The van der Waals surface area contributed by atoms with Gasteiger partial charge in [0.15, 0.2) is 6.61 Å². The van der Waals surface area contributed by atoms with E-state index in [1.165, 1.54) is 5.56 Å². The van der Waals surface area contributed by atoms with E-state index in [0.29, 0.717) is 12.3 Å². The van der Waals surface area contributed by atoms with Gasteiger partial charge in [-0.15, -0.1) is 0 Å². The Morgan fingerprint density at radius 3 is 2.45 bits per heavy atom. The van der Waals surface area contributed by atoms with E-state index < -0.39 is 6.04 Å². The first-order valence-electron chi connectivity index (χ1n) is 10.8. The van der Waals surface area contributed by atoms with Gasteiger partial charge in [-0.1, -0.05) is 49.7 Å². The number of carbonyl (C=O) groups is 2. The summed E-state index contributed by atoms with van der Waals surface area (Å²) in [4.78, 5) is 27.5. The molecule has 0 aliphatic heterocycles. The van der Waals surface area contributed by atoms with Gasteiger partial charge in [-0.25, -0.2) is 0 Å². The molecule has 2 amide bonds. The van der Waals surface area contributed by atoms with E-state index in [-0.39, 0.29) is 24.5 Å². The van der Waals surface area contributed by atoms with Crippen LogP contribution < -0.4 is 10.1 Å². The molecule has 0 fully saturated rings. The van der Waals surface area contributed by atoms with Crippen LogP contribution >= 0.6 is 15.9 Å². The van der Waals surface area contributed by atoms with E-state index in [1.54, 1.807) is 11.8 Å². The largest absolute Gasteiger partial charge is 0.483 e. The van der Waals surface area contributed by atoms with Gasteiger partial charge in [-0.3, -0.25) is 9.59 Å². The number of nitrogens with one attached hydrogen (secondary N) is 1. The summed E-state index contributed by atoms with van der Waals surface area (Å²) < 4.78 is 6.62. The molecule has 0 aromatic heterocycles. The second-order valence-electron chi connectivity index (χ2n) is 7.91. The molecule has 2 aromatic carbocycles. The molecule has 0 spiro atoms. The lowest BCUT2D eigenvalue weighted by Crippen LogP contribution is -2.50. The SMILES string of the molecule is CCc1ccc(OCC(=O)N(Cc2cccc(C)c2)[C@H](C)C(=O)N[C@H](C)CC)c(Br)c1. The van der Waals surface area contributed by atoms with Gasteiger partial charge in [-0.05, 0) is 72.8 Å². The minimum absolute atomic E-state index is 0.0511. The molecular formula is C25H33BrN2O3. The van der Waals surface area contributed by atoms with E-state index in [0.717, 1.165) is 28.4 Å². The fraction of sp³-hybridized carbons (Fsp3) is 0.440. The van der Waals surface area contributed by atoms with Crippen molar-refractivity contribution in [3.63, 3.8) is 0 Å². The Bertz CT molecular complexity index is 900. The fourth-order valence-corrected chi connectivity index (χ4v) is 3.70. The molecule has 2 rings (SSSR count). The Balaban J connectivity index is 2.17. The standard InChI is InChI=1S/C25H33BrN2O3/c1-6-18(4)27-25(30)19(5)28(15-21-10-8-9-17(3)13-21)24(29)16-31-23-12-11-20(7-2)14-22(23)26/h8-14,18-19H,6-7,15-16H2,1-5H3,(H,27,30)/t18-,19-/m1/s1. The average molecular weight is 489 g/mol. The van der Waals surface area contributed by atoms with E-state index in [9.17, 15) is 9.59 Å². The van der Waals surface area contributed by atoms with Gasteiger partial charge in [0.1, 0.15) is 11.8 Å². The Hall–Kier alpha value is -2.34. The van der Waals surface area contributed by atoms with Crippen LogP contribution in [0.25, 0.3) is 0 Å². The molecular weight excluding hydrogens is 456 g/mol. The third kappa shape index (κ3) is 7.39. The maximum absolute atomic E-state index is 13.1. The fourth-order valence-electron chi connectivity index (χ4n) is 3.16. The molecule has 0 unspecified atom stereocenters. The van der Waals surface area contributed by atoms with Crippen molar-refractivity contribution in [3.8, 4) is 5.75 Å². The maximum Gasteiger partial charge on any atom is 0.261 e. The second-order valence-corrected chi connectivity index (χ2v) is 8.77. The van der Waals surface area contributed by atoms with Crippen LogP contribution in [0.5, 0.6) is 5.75 Å². The Morgan fingerprint density at radius 1 is 1.10 bits per heavy atom. The maximum atomic E-state index is 13.1. The number of benzene rings is 2. The molecule has 6 heteroatoms. The highest BCUT2D eigenvalue weighted by Gasteiger charge is 2.27. The van der Waals surface area contributed by atoms with Crippen LogP contribution in [0.2, 0.25) is 0 Å². The van der Waals surface area contributed by atoms with Gasteiger partial charge in [0.25, 0.3) is 5.91 Å². The lowest BCUT2D eigenvalue weighted by atomic mass is 10.1. The van der Waals surface area contributed by atoms with Gasteiger partial charge >= 0.3 is 0 Å². The highest BCUT2D eigenvalue weighted by molar-refractivity contribution is 9.10. The summed E-state index contributed by atoms with van der Waals surface area (Å²) in [6.45, 7) is 10.0. The quantitative estimate of drug-likeness (QED) is 0.509.